The second-order valence-electron chi connectivity index (χ2n) is 5.49. The van der Waals surface area contributed by atoms with Crippen molar-refractivity contribution in [2.75, 3.05) is 59.0 Å². The predicted molar refractivity (Wildman–Crippen MR) is 89.6 cm³/mol. The first-order valence-electron chi connectivity index (χ1n) is 7.58. The number of carbonyl (C=O) groups excluding carboxylic acids is 1. The van der Waals surface area contributed by atoms with Crippen molar-refractivity contribution < 1.29 is 9.53 Å². The van der Waals surface area contributed by atoms with Crippen molar-refractivity contribution in [1.82, 2.24) is 15.1 Å². The number of carbonyl (C=O) groups is 1. The summed E-state index contributed by atoms with van der Waals surface area (Å²) in [6, 6.07) is 0. The van der Waals surface area contributed by atoms with Gasteiger partial charge in [-0.25, -0.2) is 0 Å². The van der Waals surface area contributed by atoms with E-state index >= 15 is 0 Å². The lowest BCUT2D eigenvalue weighted by atomic mass is 10.3. The third-order valence-electron chi connectivity index (χ3n) is 3.89. The van der Waals surface area contributed by atoms with Gasteiger partial charge in [0.2, 0.25) is 5.91 Å². The van der Waals surface area contributed by atoms with E-state index in [0.717, 1.165) is 58.4 Å². The first kappa shape index (κ1) is 20.9. The van der Waals surface area contributed by atoms with E-state index in [9.17, 15) is 4.79 Å². The molecule has 2 fully saturated rings. The molecule has 0 atom stereocenters. The molecule has 0 unspecified atom stereocenters. The van der Waals surface area contributed by atoms with Crippen LogP contribution in [0.3, 0.4) is 0 Å². The summed E-state index contributed by atoms with van der Waals surface area (Å²) >= 11 is 0. The summed E-state index contributed by atoms with van der Waals surface area (Å²) in [5.74, 6) is 1.09. The molecule has 21 heavy (non-hydrogen) atoms. The van der Waals surface area contributed by atoms with Gasteiger partial charge in [-0.3, -0.25) is 9.69 Å². The maximum Gasteiger partial charge on any atom is 0.236 e. The number of hydrogen-bond acceptors (Lipinski definition) is 4. The Morgan fingerprint density at radius 3 is 2.43 bits per heavy atom. The zero-order valence-electron chi connectivity index (χ0n) is 12.9. The Balaban J connectivity index is 0.00000200. The highest BCUT2D eigenvalue weighted by Crippen LogP contribution is 2.27. The van der Waals surface area contributed by atoms with Gasteiger partial charge in [0.1, 0.15) is 0 Å². The average Bonchev–Trinajstić information content (AvgIpc) is 3.24. The predicted octanol–water partition coefficient (Wildman–Crippen LogP) is 1.01. The summed E-state index contributed by atoms with van der Waals surface area (Å²) < 4.78 is 5.36. The molecule has 2 aliphatic rings. The van der Waals surface area contributed by atoms with Crippen molar-refractivity contribution in [3.05, 3.63) is 0 Å². The Kier molecular flexibility index (Phi) is 11.5. The van der Waals surface area contributed by atoms with Crippen LogP contribution in [0.1, 0.15) is 19.8 Å². The molecule has 0 aromatic heterocycles. The molecule has 7 heteroatoms. The van der Waals surface area contributed by atoms with Crippen LogP contribution in [0.15, 0.2) is 0 Å². The van der Waals surface area contributed by atoms with Crippen molar-refractivity contribution in [2.24, 2.45) is 5.92 Å². The molecular weight excluding hydrogens is 313 g/mol. The zero-order chi connectivity index (χ0) is 13.5. The Morgan fingerprint density at radius 2 is 1.86 bits per heavy atom. The number of piperazine rings is 1. The van der Waals surface area contributed by atoms with Crippen LogP contribution in [-0.4, -0.2) is 74.7 Å². The van der Waals surface area contributed by atoms with Gasteiger partial charge in [-0.2, -0.15) is 0 Å². The molecule has 0 bridgehead atoms. The summed E-state index contributed by atoms with van der Waals surface area (Å²) in [6.45, 7) is 9.77. The van der Waals surface area contributed by atoms with Gasteiger partial charge in [-0.1, -0.05) is 0 Å². The van der Waals surface area contributed by atoms with Gasteiger partial charge in [0, 0.05) is 39.3 Å². The van der Waals surface area contributed by atoms with E-state index in [2.05, 4.69) is 10.2 Å². The Labute approximate surface area is 140 Å². The molecule has 0 aromatic carbocycles. The third-order valence-corrected chi connectivity index (χ3v) is 3.89. The molecule has 1 aliphatic heterocycles. The van der Waals surface area contributed by atoms with Gasteiger partial charge in [0.05, 0.1) is 13.2 Å². The molecule has 1 heterocycles. The lowest BCUT2D eigenvalue weighted by Crippen LogP contribution is -2.51. The van der Waals surface area contributed by atoms with Crippen LogP contribution in [0, 0.1) is 5.92 Å². The van der Waals surface area contributed by atoms with E-state index in [1.165, 1.54) is 12.8 Å². The fourth-order valence-corrected chi connectivity index (χ4v) is 2.38. The van der Waals surface area contributed by atoms with E-state index < -0.39 is 0 Å². The highest BCUT2D eigenvalue weighted by Gasteiger charge is 2.23. The largest absolute Gasteiger partial charge is 0.380 e. The fraction of sp³-hybridized carbons (Fsp3) is 0.929. The first-order chi connectivity index (χ1) is 9.29. The topological polar surface area (TPSA) is 44.8 Å². The number of hydrogen-bond donors (Lipinski definition) is 1. The average molecular weight is 342 g/mol. The van der Waals surface area contributed by atoms with Crippen molar-refractivity contribution in [2.45, 2.75) is 19.8 Å². The maximum atomic E-state index is 12.0. The Morgan fingerprint density at radius 1 is 1.19 bits per heavy atom. The van der Waals surface area contributed by atoms with Crippen molar-refractivity contribution >= 4 is 30.7 Å². The van der Waals surface area contributed by atoms with E-state index in [4.69, 9.17) is 4.74 Å². The molecule has 0 aromatic rings. The van der Waals surface area contributed by atoms with Crippen molar-refractivity contribution in [1.29, 1.82) is 0 Å². The van der Waals surface area contributed by atoms with Gasteiger partial charge in [0.15, 0.2) is 0 Å². The lowest BCUT2D eigenvalue weighted by Gasteiger charge is -2.34. The molecule has 0 radical (unpaired) electrons. The quantitative estimate of drug-likeness (QED) is 0.669. The van der Waals surface area contributed by atoms with E-state index in [1.807, 2.05) is 11.8 Å². The van der Waals surface area contributed by atoms with Gasteiger partial charge >= 0.3 is 0 Å². The summed E-state index contributed by atoms with van der Waals surface area (Å²) in [6.07, 6.45) is 2.67. The van der Waals surface area contributed by atoms with Crippen molar-refractivity contribution in [3.63, 3.8) is 0 Å². The molecule has 5 nitrogen and oxygen atoms in total. The smallest absolute Gasteiger partial charge is 0.236 e. The molecule has 1 saturated carbocycles. The molecule has 0 spiro atoms. The Bertz CT molecular complexity index is 283. The number of nitrogens with zero attached hydrogens (tertiary/aromatic N) is 2. The van der Waals surface area contributed by atoms with Crippen LogP contribution in [0.2, 0.25) is 0 Å². The highest BCUT2D eigenvalue weighted by atomic mass is 35.5. The number of nitrogens with one attached hydrogen (secondary N) is 1. The second-order valence-corrected chi connectivity index (χ2v) is 5.49. The van der Waals surface area contributed by atoms with Gasteiger partial charge in [-0.05, 0) is 32.2 Å². The molecule has 126 valence electrons. The minimum atomic E-state index is 0. The number of halogens is 2. The van der Waals surface area contributed by atoms with Crippen LogP contribution in [0.5, 0.6) is 0 Å². The molecule has 1 aliphatic carbocycles. The number of ether oxygens (including phenoxy) is 1. The lowest BCUT2D eigenvalue weighted by molar-refractivity contribution is -0.132. The standard InChI is InChI=1S/C14H27N3O2.2ClH/c1-2-19-10-9-16-5-7-17(8-6-16)14(18)12-15-11-13-3-4-13;;/h13,15H,2-12H2,1H3;2*1H. The minimum Gasteiger partial charge on any atom is -0.380 e. The van der Waals surface area contributed by atoms with Crippen molar-refractivity contribution in [3.8, 4) is 0 Å². The number of amides is 1. The molecule has 2 rings (SSSR count). The summed E-state index contributed by atoms with van der Waals surface area (Å²) in [5, 5.41) is 3.27. The van der Waals surface area contributed by atoms with Crippen LogP contribution < -0.4 is 5.32 Å². The minimum absolute atomic E-state index is 0. The number of rotatable bonds is 8. The Hall–Kier alpha value is -0.0700. The highest BCUT2D eigenvalue weighted by molar-refractivity contribution is 5.85. The van der Waals surface area contributed by atoms with E-state index in [-0.39, 0.29) is 30.7 Å². The van der Waals surface area contributed by atoms with E-state index in [0.29, 0.717) is 6.54 Å². The summed E-state index contributed by atoms with van der Waals surface area (Å²) in [5.41, 5.74) is 0. The van der Waals surface area contributed by atoms with Gasteiger partial charge in [0.25, 0.3) is 0 Å². The van der Waals surface area contributed by atoms with Crippen LogP contribution in [0.4, 0.5) is 0 Å². The first-order valence-corrected chi connectivity index (χ1v) is 7.58. The summed E-state index contributed by atoms with van der Waals surface area (Å²) in [7, 11) is 0. The van der Waals surface area contributed by atoms with Gasteiger partial charge < -0.3 is 15.0 Å². The maximum absolute atomic E-state index is 12.0. The van der Waals surface area contributed by atoms with Crippen LogP contribution >= 0.6 is 24.8 Å². The van der Waals surface area contributed by atoms with E-state index in [1.54, 1.807) is 0 Å². The SMILES string of the molecule is CCOCCN1CCN(C(=O)CNCC2CC2)CC1.Cl.Cl. The van der Waals surface area contributed by atoms with Gasteiger partial charge in [-0.15, -0.1) is 24.8 Å². The zero-order valence-corrected chi connectivity index (χ0v) is 14.5. The van der Waals surface area contributed by atoms with Crippen LogP contribution in [0.25, 0.3) is 0 Å². The molecule has 1 N–H and O–H groups in total. The molecule has 1 saturated heterocycles. The normalized spacial score (nSPS) is 18.8. The molecular formula is C14H29Cl2N3O2. The third kappa shape index (κ3) is 8.21. The monoisotopic (exact) mass is 341 g/mol. The van der Waals surface area contributed by atoms with Crippen LogP contribution in [-0.2, 0) is 9.53 Å². The second kappa shape index (κ2) is 11.5. The summed E-state index contributed by atoms with van der Waals surface area (Å²) in [4.78, 5) is 16.3. The fourth-order valence-electron chi connectivity index (χ4n) is 2.38. The molecule has 1 amide bonds.